The summed E-state index contributed by atoms with van der Waals surface area (Å²) in [5, 5.41) is 11.7. The topological polar surface area (TPSA) is 75.6 Å². The number of halogens is 1. The molecule has 0 aliphatic carbocycles. The molecule has 0 radical (unpaired) electrons. The molecule has 1 aromatic carbocycles. The highest BCUT2D eigenvalue weighted by molar-refractivity contribution is 9.10. The number of rotatable bonds is 8. The lowest BCUT2D eigenvalue weighted by Crippen LogP contribution is -2.40. The predicted octanol–water partition coefficient (Wildman–Crippen LogP) is 3.14. The maximum absolute atomic E-state index is 12.0. The lowest BCUT2D eigenvalue weighted by atomic mass is 10.0. The largest absolute Gasteiger partial charge is 0.481 e. The summed E-state index contributed by atoms with van der Waals surface area (Å²) in [4.78, 5) is 23.1. The molecule has 0 aliphatic heterocycles. The molecule has 0 fully saturated rings. The lowest BCUT2D eigenvalue weighted by molar-refractivity contribution is -0.142. The Morgan fingerprint density at radius 3 is 2.64 bits per heavy atom. The van der Waals surface area contributed by atoms with Gasteiger partial charge in [-0.2, -0.15) is 0 Å². The molecule has 122 valence electrons. The first-order chi connectivity index (χ1) is 10.3. The Kier molecular flexibility index (Phi) is 7.38. The number of carbonyl (C=O) groups excluding carboxylic acids is 1. The summed E-state index contributed by atoms with van der Waals surface area (Å²) in [6.45, 7) is 5.63. The molecule has 2 unspecified atom stereocenters. The van der Waals surface area contributed by atoms with Crippen LogP contribution < -0.4 is 10.1 Å². The van der Waals surface area contributed by atoms with Crippen molar-refractivity contribution in [1.82, 2.24) is 5.32 Å². The number of ether oxygens (including phenoxy) is 1. The Hall–Kier alpha value is -1.56. The normalized spacial score (nSPS) is 13.3. The second-order valence-electron chi connectivity index (χ2n) is 5.26. The minimum absolute atomic E-state index is 0.116. The zero-order valence-corrected chi connectivity index (χ0v) is 14.6. The van der Waals surface area contributed by atoms with E-state index in [1.807, 2.05) is 26.0 Å². The Bertz CT molecular complexity index is 533. The van der Waals surface area contributed by atoms with Crippen molar-refractivity contribution in [2.75, 3.05) is 6.54 Å². The van der Waals surface area contributed by atoms with Gasteiger partial charge in [-0.15, -0.1) is 0 Å². The van der Waals surface area contributed by atoms with Crippen molar-refractivity contribution in [3.63, 3.8) is 0 Å². The number of hydrogen-bond acceptors (Lipinski definition) is 3. The highest BCUT2D eigenvalue weighted by atomic mass is 79.9. The summed E-state index contributed by atoms with van der Waals surface area (Å²) >= 11 is 3.39. The van der Waals surface area contributed by atoms with Gasteiger partial charge in [0.05, 0.1) is 10.4 Å². The van der Waals surface area contributed by atoms with E-state index in [-0.39, 0.29) is 12.5 Å². The summed E-state index contributed by atoms with van der Waals surface area (Å²) in [6, 6.07) is 5.59. The first-order valence-electron chi connectivity index (χ1n) is 7.28. The zero-order valence-electron chi connectivity index (χ0n) is 13.1. The molecule has 0 aliphatic rings. The van der Waals surface area contributed by atoms with Crippen molar-refractivity contribution < 1.29 is 19.4 Å². The zero-order chi connectivity index (χ0) is 16.7. The molecule has 0 aromatic heterocycles. The highest BCUT2D eigenvalue weighted by Crippen LogP contribution is 2.26. The summed E-state index contributed by atoms with van der Waals surface area (Å²) in [6.07, 6.45) is 0.596. The van der Waals surface area contributed by atoms with Gasteiger partial charge in [0, 0.05) is 6.54 Å². The van der Waals surface area contributed by atoms with Crippen molar-refractivity contribution in [1.29, 1.82) is 0 Å². The maximum Gasteiger partial charge on any atom is 0.308 e. The molecule has 0 spiro atoms. The van der Waals surface area contributed by atoms with Gasteiger partial charge < -0.3 is 15.2 Å². The molecule has 0 heterocycles. The van der Waals surface area contributed by atoms with E-state index >= 15 is 0 Å². The molecule has 6 heteroatoms. The van der Waals surface area contributed by atoms with Crippen LogP contribution in [0.5, 0.6) is 5.75 Å². The standard InChI is InChI=1S/C16H22BrNO4/c1-4-5-12(16(20)21)9-18-15(19)11(3)22-14-7-6-10(2)8-13(14)17/h6-8,11-12H,4-5,9H2,1-3H3,(H,18,19)(H,20,21). The number of aliphatic carboxylic acids is 1. The molecule has 22 heavy (non-hydrogen) atoms. The second kappa shape index (κ2) is 8.78. The van der Waals surface area contributed by atoms with E-state index in [0.29, 0.717) is 12.2 Å². The van der Waals surface area contributed by atoms with E-state index in [9.17, 15) is 9.59 Å². The number of aryl methyl sites for hydroxylation is 1. The van der Waals surface area contributed by atoms with Crippen LogP contribution in [0.15, 0.2) is 22.7 Å². The quantitative estimate of drug-likeness (QED) is 0.735. The van der Waals surface area contributed by atoms with Crippen molar-refractivity contribution in [3.8, 4) is 5.75 Å². The van der Waals surface area contributed by atoms with E-state index in [1.54, 1.807) is 13.0 Å². The summed E-state index contributed by atoms with van der Waals surface area (Å²) in [7, 11) is 0. The molecule has 1 rings (SSSR count). The van der Waals surface area contributed by atoms with Gasteiger partial charge in [-0.25, -0.2) is 0 Å². The van der Waals surface area contributed by atoms with Crippen LogP contribution in [0.25, 0.3) is 0 Å². The van der Waals surface area contributed by atoms with Crippen LogP contribution in [-0.4, -0.2) is 29.6 Å². The van der Waals surface area contributed by atoms with E-state index in [1.165, 1.54) is 0 Å². The Morgan fingerprint density at radius 1 is 1.41 bits per heavy atom. The van der Waals surface area contributed by atoms with Gasteiger partial charge in [0.1, 0.15) is 5.75 Å². The fourth-order valence-corrected chi connectivity index (χ4v) is 2.56. The van der Waals surface area contributed by atoms with Crippen LogP contribution in [-0.2, 0) is 9.59 Å². The molecule has 0 saturated carbocycles. The van der Waals surface area contributed by atoms with Gasteiger partial charge in [-0.05, 0) is 53.9 Å². The number of nitrogens with one attached hydrogen (secondary N) is 1. The van der Waals surface area contributed by atoms with Crippen LogP contribution >= 0.6 is 15.9 Å². The van der Waals surface area contributed by atoms with Crippen LogP contribution in [0, 0.1) is 12.8 Å². The van der Waals surface area contributed by atoms with Gasteiger partial charge in [-0.1, -0.05) is 19.4 Å². The molecule has 0 bridgehead atoms. The number of carboxylic acid groups (broad SMARTS) is 1. The third-order valence-electron chi connectivity index (χ3n) is 3.27. The van der Waals surface area contributed by atoms with Gasteiger partial charge in [0.15, 0.2) is 6.10 Å². The number of amides is 1. The van der Waals surface area contributed by atoms with Crippen molar-refractivity contribution in [3.05, 3.63) is 28.2 Å². The molecule has 5 nitrogen and oxygen atoms in total. The molecule has 2 atom stereocenters. The van der Waals surface area contributed by atoms with Crippen LogP contribution in [0.2, 0.25) is 0 Å². The van der Waals surface area contributed by atoms with Crippen LogP contribution in [0.4, 0.5) is 0 Å². The van der Waals surface area contributed by atoms with Gasteiger partial charge in [0.2, 0.25) is 0 Å². The number of carboxylic acids is 1. The summed E-state index contributed by atoms with van der Waals surface area (Å²) in [5.41, 5.74) is 1.08. The van der Waals surface area contributed by atoms with Crippen LogP contribution in [0.1, 0.15) is 32.3 Å². The first-order valence-corrected chi connectivity index (χ1v) is 8.07. The number of carbonyl (C=O) groups is 2. The molecular weight excluding hydrogens is 350 g/mol. The van der Waals surface area contributed by atoms with Crippen molar-refractivity contribution >= 4 is 27.8 Å². The van der Waals surface area contributed by atoms with E-state index in [2.05, 4.69) is 21.2 Å². The number of hydrogen-bond donors (Lipinski definition) is 2. The predicted molar refractivity (Wildman–Crippen MR) is 88.0 cm³/mol. The molecular formula is C16H22BrNO4. The van der Waals surface area contributed by atoms with Crippen molar-refractivity contribution in [2.24, 2.45) is 5.92 Å². The van der Waals surface area contributed by atoms with E-state index < -0.39 is 18.0 Å². The molecule has 0 saturated heterocycles. The summed E-state index contributed by atoms with van der Waals surface area (Å²) < 4.78 is 6.39. The molecule has 1 amide bonds. The van der Waals surface area contributed by atoms with Gasteiger partial charge in [-0.3, -0.25) is 9.59 Å². The minimum Gasteiger partial charge on any atom is -0.481 e. The fourth-order valence-electron chi connectivity index (χ4n) is 1.97. The highest BCUT2D eigenvalue weighted by Gasteiger charge is 2.20. The number of benzene rings is 1. The maximum atomic E-state index is 12.0. The third kappa shape index (κ3) is 5.67. The monoisotopic (exact) mass is 371 g/mol. The first kappa shape index (κ1) is 18.5. The van der Waals surface area contributed by atoms with E-state index in [4.69, 9.17) is 9.84 Å². The Morgan fingerprint density at radius 2 is 2.09 bits per heavy atom. The smallest absolute Gasteiger partial charge is 0.308 e. The van der Waals surface area contributed by atoms with Gasteiger partial charge in [0.25, 0.3) is 5.91 Å². The second-order valence-corrected chi connectivity index (χ2v) is 6.12. The average Bonchev–Trinajstić information content (AvgIpc) is 2.45. The van der Waals surface area contributed by atoms with E-state index in [0.717, 1.165) is 16.5 Å². The molecule has 2 N–H and O–H groups in total. The fraction of sp³-hybridized carbons (Fsp3) is 0.500. The minimum atomic E-state index is -0.892. The third-order valence-corrected chi connectivity index (χ3v) is 3.89. The van der Waals surface area contributed by atoms with Crippen molar-refractivity contribution in [2.45, 2.75) is 39.7 Å². The average molecular weight is 372 g/mol. The lowest BCUT2D eigenvalue weighted by Gasteiger charge is -2.18. The Labute approximate surface area is 139 Å². The van der Waals surface area contributed by atoms with Crippen LogP contribution in [0.3, 0.4) is 0 Å². The van der Waals surface area contributed by atoms with Gasteiger partial charge >= 0.3 is 5.97 Å². The Balaban J connectivity index is 2.56. The molecule has 1 aromatic rings. The SMILES string of the molecule is CCCC(CNC(=O)C(C)Oc1ccc(C)cc1Br)C(=O)O. The summed E-state index contributed by atoms with van der Waals surface area (Å²) in [5.74, 6) is -1.20.